The molecule has 0 bridgehead atoms. The number of ether oxygens (including phenoxy) is 1. The molecule has 0 radical (unpaired) electrons. The fourth-order valence-corrected chi connectivity index (χ4v) is 5.36. The molecule has 3 rings (SSSR count). The van der Waals surface area contributed by atoms with Gasteiger partial charge in [-0.15, -0.1) is 0 Å². The Kier molecular flexibility index (Phi) is 6.24. The topological polar surface area (TPSA) is 98.8 Å². The second kappa shape index (κ2) is 8.48. The van der Waals surface area contributed by atoms with E-state index in [0.717, 1.165) is 30.3 Å². The Morgan fingerprint density at radius 3 is 2.79 bits per heavy atom. The number of benzene rings is 1. The standard InChI is InChI=1S/C19H26N2O6S/c1-3-11-26-18(22)13-20-16-9-8-15(12-17(16)27-19(20)23)28(24,25)21-10-6-5-7-14(21)4-2/h8-9,12,14H,3-7,10-11,13H2,1-2H3/t14-/m0/s1. The van der Waals surface area contributed by atoms with Gasteiger partial charge in [-0.05, 0) is 37.8 Å². The number of sulfonamides is 1. The van der Waals surface area contributed by atoms with Crippen molar-refractivity contribution in [3.63, 3.8) is 0 Å². The number of nitrogens with zero attached hydrogens (tertiary/aromatic N) is 2. The first-order valence-corrected chi connectivity index (χ1v) is 11.1. The van der Waals surface area contributed by atoms with Gasteiger partial charge in [-0.25, -0.2) is 13.2 Å². The molecule has 0 unspecified atom stereocenters. The molecule has 28 heavy (non-hydrogen) atoms. The largest absolute Gasteiger partial charge is 0.464 e. The zero-order chi connectivity index (χ0) is 20.3. The van der Waals surface area contributed by atoms with Gasteiger partial charge in [-0.1, -0.05) is 20.3 Å². The van der Waals surface area contributed by atoms with Gasteiger partial charge in [0.2, 0.25) is 10.0 Å². The normalized spacial score (nSPS) is 18.4. The Morgan fingerprint density at radius 1 is 1.29 bits per heavy atom. The van der Waals surface area contributed by atoms with E-state index in [0.29, 0.717) is 18.5 Å². The summed E-state index contributed by atoms with van der Waals surface area (Å²) in [6, 6.07) is 4.31. The molecule has 0 amide bonds. The van der Waals surface area contributed by atoms with Crippen LogP contribution in [0.5, 0.6) is 0 Å². The van der Waals surface area contributed by atoms with E-state index in [9.17, 15) is 18.0 Å². The Labute approximate surface area is 164 Å². The molecule has 1 atom stereocenters. The summed E-state index contributed by atoms with van der Waals surface area (Å²) < 4.78 is 39.1. The molecule has 1 aliphatic heterocycles. The molecule has 2 heterocycles. The number of fused-ring (bicyclic) bond motifs is 1. The average Bonchev–Trinajstić information content (AvgIpc) is 3.00. The fourth-order valence-electron chi connectivity index (χ4n) is 3.58. The predicted molar refractivity (Wildman–Crippen MR) is 104 cm³/mol. The van der Waals surface area contributed by atoms with Crippen molar-refractivity contribution in [2.24, 2.45) is 0 Å². The minimum absolute atomic E-state index is 0.0145. The fraction of sp³-hybridized carbons (Fsp3) is 0.579. The molecule has 8 nitrogen and oxygen atoms in total. The molecule has 1 aliphatic rings. The maximum Gasteiger partial charge on any atom is 0.420 e. The average molecular weight is 410 g/mol. The first-order valence-electron chi connectivity index (χ1n) is 9.69. The highest BCUT2D eigenvalue weighted by Crippen LogP contribution is 2.28. The van der Waals surface area contributed by atoms with Crippen molar-refractivity contribution in [3.8, 4) is 0 Å². The number of hydrogen-bond donors (Lipinski definition) is 0. The molecule has 0 aliphatic carbocycles. The van der Waals surface area contributed by atoms with Gasteiger partial charge in [0.1, 0.15) is 6.54 Å². The van der Waals surface area contributed by atoms with Crippen molar-refractivity contribution < 1.29 is 22.4 Å². The van der Waals surface area contributed by atoms with Gasteiger partial charge in [0.05, 0.1) is 17.0 Å². The summed E-state index contributed by atoms with van der Waals surface area (Å²) in [5.74, 6) is -1.26. The maximum atomic E-state index is 13.1. The van der Waals surface area contributed by atoms with Crippen LogP contribution in [0.2, 0.25) is 0 Å². The summed E-state index contributed by atoms with van der Waals surface area (Å²) in [6.45, 7) is 4.36. The lowest BCUT2D eigenvalue weighted by molar-refractivity contribution is -0.144. The van der Waals surface area contributed by atoms with Crippen LogP contribution < -0.4 is 5.76 Å². The molecule has 1 fully saturated rings. The van der Waals surface area contributed by atoms with Gasteiger partial charge in [0.15, 0.2) is 5.58 Å². The molecule has 154 valence electrons. The second-order valence-electron chi connectivity index (χ2n) is 6.98. The van der Waals surface area contributed by atoms with Crippen molar-refractivity contribution in [2.75, 3.05) is 13.2 Å². The van der Waals surface area contributed by atoms with E-state index in [1.54, 1.807) is 4.31 Å². The smallest absolute Gasteiger partial charge is 0.420 e. The van der Waals surface area contributed by atoms with Crippen LogP contribution in [0.25, 0.3) is 11.1 Å². The highest BCUT2D eigenvalue weighted by Gasteiger charge is 2.33. The van der Waals surface area contributed by atoms with Gasteiger partial charge >= 0.3 is 11.7 Å². The zero-order valence-corrected chi connectivity index (χ0v) is 17.0. The van der Waals surface area contributed by atoms with Crippen molar-refractivity contribution >= 4 is 27.1 Å². The van der Waals surface area contributed by atoms with Crippen LogP contribution in [-0.2, 0) is 26.1 Å². The summed E-state index contributed by atoms with van der Waals surface area (Å²) in [4.78, 5) is 24.1. The van der Waals surface area contributed by atoms with Gasteiger partial charge in [-0.2, -0.15) is 4.31 Å². The first-order chi connectivity index (χ1) is 13.4. The molecule has 1 aromatic carbocycles. The lowest BCUT2D eigenvalue weighted by atomic mass is 10.0. The van der Waals surface area contributed by atoms with Gasteiger partial charge in [0, 0.05) is 18.7 Å². The lowest BCUT2D eigenvalue weighted by Crippen LogP contribution is -2.43. The minimum atomic E-state index is -3.68. The van der Waals surface area contributed by atoms with E-state index in [1.165, 1.54) is 18.2 Å². The quantitative estimate of drug-likeness (QED) is 0.651. The number of carbonyl (C=O) groups excluding carboxylic acids is 1. The molecular weight excluding hydrogens is 384 g/mol. The Balaban J connectivity index is 1.92. The number of piperidine rings is 1. The summed E-state index contributed by atoms with van der Waals surface area (Å²) in [6.07, 6.45) is 4.15. The molecule has 0 saturated carbocycles. The molecule has 2 aromatic rings. The van der Waals surface area contributed by atoms with E-state index < -0.39 is 21.7 Å². The van der Waals surface area contributed by atoms with E-state index in [4.69, 9.17) is 9.15 Å². The summed E-state index contributed by atoms with van der Waals surface area (Å²) in [7, 11) is -3.68. The molecular formula is C19H26N2O6S. The number of esters is 1. The van der Waals surface area contributed by atoms with Crippen molar-refractivity contribution in [1.29, 1.82) is 0 Å². The first kappa shape index (κ1) is 20.6. The third-order valence-corrected chi connectivity index (χ3v) is 6.99. The number of aromatic nitrogens is 1. The third-order valence-electron chi connectivity index (χ3n) is 5.05. The van der Waals surface area contributed by atoms with Gasteiger partial charge in [-0.3, -0.25) is 9.36 Å². The Morgan fingerprint density at radius 2 is 2.07 bits per heavy atom. The number of hydrogen-bond acceptors (Lipinski definition) is 6. The van der Waals surface area contributed by atoms with Crippen LogP contribution in [0.3, 0.4) is 0 Å². The van der Waals surface area contributed by atoms with Crippen LogP contribution >= 0.6 is 0 Å². The number of rotatable bonds is 7. The zero-order valence-electron chi connectivity index (χ0n) is 16.2. The van der Waals surface area contributed by atoms with Crippen LogP contribution in [0.1, 0.15) is 46.0 Å². The predicted octanol–water partition coefficient (Wildman–Crippen LogP) is 2.50. The highest BCUT2D eigenvalue weighted by molar-refractivity contribution is 7.89. The van der Waals surface area contributed by atoms with E-state index in [2.05, 4.69) is 0 Å². The molecule has 9 heteroatoms. The van der Waals surface area contributed by atoms with E-state index >= 15 is 0 Å². The summed E-state index contributed by atoms with van der Waals surface area (Å²) >= 11 is 0. The summed E-state index contributed by atoms with van der Waals surface area (Å²) in [5, 5.41) is 0. The molecule has 0 N–H and O–H groups in total. The van der Waals surface area contributed by atoms with Crippen LogP contribution in [0, 0.1) is 0 Å². The Bertz CT molecular complexity index is 1010. The lowest BCUT2D eigenvalue weighted by Gasteiger charge is -2.34. The minimum Gasteiger partial charge on any atom is -0.464 e. The number of oxazole rings is 1. The van der Waals surface area contributed by atoms with Crippen LogP contribution in [-0.4, -0.2) is 42.5 Å². The van der Waals surface area contributed by atoms with Crippen molar-refractivity contribution in [1.82, 2.24) is 8.87 Å². The molecule has 1 saturated heterocycles. The monoisotopic (exact) mass is 410 g/mol. The summed E-state index contributed by atoms with van der Waals surface area (Å²) in [5.41, 5.74) is 0.502. The third kappa shape index (κ3) is 4.00. The van der Waals surface area contributed by atoms with Crippen molar-refractivity contribution in [3.05, 3.63) is 28.7 Å². The van der Waals surface area contributed by atoms with Gasteiger partial charge < -0.3 is 9.15 Å². The molecule has 1 aromatic heterocycles. The van der Waals surface area contributed by atoms with Crippen molar-refractivity contribution in [2.45, 2.75) is 63.4 Å². The van der Waals surface area contributed by atoms with E-state index in [1.807, 2.05) is 13.8 Å². The van der Waals surface area contributed by atoms with E-state index in [-0.39, 0.29) is 29.7 Å². The Hall–Kier alpha value is -2.13. The van der Waals surface area contributed by atoms with Crippen LogP contribution in [0.15, 0.2) is 32.3 Å². The highest BCUT2D eigenvalue weighted by atomic mass is 32.2. The second-order valence-corrected chi connectivity index (χ2v) is 8.87. The maximum absolute atomic E-state index is 13.1. The number of carbonyl (C=O) groups is 1. The SMILES string of the molecule is CCCOC(=O)Cn1c(=O)oc2cc(S(=O)(=O)N3CCCC[C@@H]3CC)ccc21. The van der Waals surface area contributed by atoms with Crippen LogP contribution in [0.4, 0.5) is 0 Å². The molecule has 0 spiro atoms. The van der Waals surface area contributed by atoms with Gasteiger partial charge in [0.25, 0.3) is 0 Å².